The van der Waals surface area contributed by atoms with E-state index in [1.807, 2.05) is 48.5 Å². The molecule has 1 aliphatic rings. The molecule has 1 fully saturated rings. The van der Waals surface area contributed by atoms with E-state index in [2.05, 4.69) is 35.1 Å². The van der Waals surface area contributed by atoms with Crippen molar-refractivity contribution in [1.82, 2.24) is 10.2 Å². The highest BCUT2D eigenvalue weighted by Gasteiger charge is 2.29. The van der Waals surface area contributed by atoms with Crippen LogP contribution in [0.2, 0.25) is 0 Å². The molecule has 2 amide bonds. The first-order chi connectivity index (χ1) is 15.3. The van der Waals surface area contributed by atoms with E-state index >= 15 is 0 Å². The monoisotopic (exact) mass is 500 g/mol. The molecule has 0 aromatic heterocycles. The first kappa shape index (κ1) is 24.3. The van der Waals surface area contributed by atoms with Gasteiger partial charge in [-0.2, -0.15) is 0 Å². The van der Waals surface area contributed by atoms with Crippen molar-refractivity contribution in [3.8, 4) is 5.75 Å². The first-order valence-corrected chi connectivity index (χ1v) is 12.2. The van der Waals surface area contributed by atoms with Gasteiger partial charge >= 0.3 is 0 Å². The molecule has 0 saturated heterocycles. The maximum Gasteiger partial charge on any atom is 0.261 e. The molecule has 1 unspecified atom stereocenters. The summed E-state index contributed by atoms with van der Waals surface area (Å²) in [6.45, 7) is 6.23. The van der Waals surface area contributed by atoms with Gasteiger partial charge in [-0.05, 0) is 55.0 Å². The number of hydrogen-bond donors (Lipinski definition) is 1. The number of halogens is 1. The van der Waals surface area contributed by atoms with Crippen LogP contribution in [0.1, 0.15) is 63.5 Å². The van der Waals surface area contributed by atoms with Crippen LogP contribution in [0.25, 0.3) is 0 Å². The second-order valence-corrected chi connectivity index (χ2v) is 9.71. The largest absolute Gasteiger partial charge is 0.483 e. The Balaban J connectivity index is 1.73. The van der Waals surface area contributed by atoms with Gasteiger partial charge in [0.15, 0.2) is 6.61 Å². The first-order valence-electron chi connectivity index (χ1n) is 11.4. The van der Waals surface area contributed by atoms with Gasteiger partial charge in [0.2, 0.25) is 5.91 Å². The molecule has 1 N–H and O–H groups in total. The lowest BCUT2D eigenvalue weighted by Crippen LogP contribution is -2.50. The average Bonchev–Trinajstić information content (AvgIpc) is 3.29. The zero-order valence-corrected chi connectivity index (χ0v) is 20.7. The number of carbonyl (C=O) groups excluding carboxylic acids is 2. The van der Waals surface area contributed by atoms with Gasteiger partial charge in [0.25, 0.3) is 5.91 Å². The van der Waals surface area contributed by atoms with Crippen molar-refractivity contribution in [3.63, 3.8) is 0 Å². The van der Waals surface area contributed by atoms with Gasteiger partial charge in [0.1, 0.15) is 11.8 Å². The molecule has 172 valence electrons. The van der Waals surface area contributed by atoms with E-state index in [4.69, 9.17) is 4.74 Å². The number of carbonyl (C=O) groups is 2. The lowest BCUT2D eigenvalue weighted by molar-refractivity contribution is -0.142. The summed E-state index contributed by atoms with van der Waals surface area (Å²) in [5.41, 5.74) is 2.02. The van der Waals surface area contributed by atoms with Crippen molar-refractivity contribution in [2.45, 2.75) is 71.0 Å². The molecular formula is C26H33BrN2O3. The van der Waals surface area contributed by atoms with Gasteiger partial charge in [-0.1, -0.05) is 73.0 Å². The lowest BCUT2D eigenvalue weighted by atomic mass is 10.0. The number of benzene rings is 2. The zero-order valence-electron chi connectivity index (χ0n) is 19.1. The fraction of sp³-hybridized carbons (Fsp3) is 0.462. The topological polar surface area (TPSA) is 58.6 Å². The van der Waals surface area contributed by atoms with E-state index < -0.39 is 6.04 Å². The van der Waals surface area contributed by atoms with Crippen molar-refractivity contribution < 1.29 is 14.3 Å². The Morgan fingerprint density at radius 2 is 1.72 bits per heavy atom. The Hall–Kier alpha value is -2.34. The van der Waals surface area contributed by atoms with E-state index in [1.54, 1.807) is 11.8 Å². The van der Waals surface area contributed by atoms with Crippen LogP contribution in [-0.2, 0) is 16.1 Å². The Labute approximate surface area is 199 Å². The van der Waals surface area contributed by atoms with Crippen molar-refractivity contribution in [3.05, 3.63) is 64.1 Å². The molecular weight excluding hydrogens is 468 g/mol. The number of para-hydroxylation sites is 1. The van der Waals surface area contributed by atoms with Gasteiger partial charge in [-0.25, -0.2) is 0 Å². The summed E-state index contributed by atoms with van der Waals surface area (Å²) >= 11 is 3.45. The Morgan fingerprint density at radius 1 is 1.06 bits per heavy atom. The number of amides is 2. The summed E-state index contributed by atoms with van der Waals surface area (Å²) in [7, 11) is 0. The molecule has 0 bridgehead atoms. The third-order valence-electron chi connectivity index (χ3n) is 6.03. The summed E-state index contributed by atoms with van der Waals surface area (Å²) in [6, 6.07) is 15.2. The van der Waals surface area contributed by atoms with Crippen LogP contribution in [0, 0.1) is 0 Å². The highest BCUT2D eigenvalue weighted by Crippen LogP contribution is 2.26. The highest BCUT2D eigenvalue weighted by atomic mass is 79.9. The van der Waals surface area contributed by atoms with Crippen molar-refractivity contribution >= 4 is 27.7 Å². The number of ether oxygens (including phenoxy) is 1. The minimum Gasteiger partial charge on any atom is -0.483 e. The van der Waals surface area contributed by atoms with E-state index in [0.29, 0.717) is 12.3 Å². The molecule has 1 aliphatic carbocycles. The second kappa shape index (κ2) is 11.5. The minimum atomic E-state index is -0.587. The van der Waals surface area contributed by atoms with E-state index in [0.717, 1.165) is 41.3 Å². The van der Waals surface area contributed by atoms with Crippen molar-refractivity contribution in [1.29, 1.82) is 0 Å². The van der Waals surface area contributed by atoms with Crippen molar-refractivity contribution in [2.24, 2.45) is 0 Å². The van der Waals surface area contributed by atoms with Crippen LogP contribution in [0.15, 0.2) is 53.0 Å². The van der Waals surface area contributed by atoms with Crippen LogP contribution in [0.3, 0.4) is 0 Å². The van der Waals surface area contributed by atoms with Gasteiger partial charge in [0, 0.05) is 17.1 Å². The maximum absolute atomic E-state index is 13.3. The molecule has 3 rings (SSSR count). The molecule has 0 heterocycles. The number of rotatable bonds is 9. The molecule has 5 nitrogen and oxygen atoms in total. The number of nitrogens with one attached hydrogen (secondary N) is 1. The summed E-state index contributed by atoms with van der Waals surface area (Å²) in [5, 5.41) is 3.13. The second-order valence-electron chi connectivity index (χ2n) is 8.80. The molecule has 0 spiro atoms. The third-order valence-corrected chi connectivity index (χ3v) is 6.56. The lowest BCUT2D eigenvalue weighted by Gasteiger charge is -2.30. The quantitative estimate of drug-likeness (QED) is 0.499. The molecule has 1 atom stereocenters. The highest BCUT2D eigenvalue weighted by molar-refractivity contribution is 9.10. The molecule has 2 aromatic rings. The molecule has 32 heavy (non-hydrogen) atoms. The van der Waals surface area contributed by atoms with E-state index in [-0.39, 0.29) is 30.4 Å². The minimum absolute atomic E-state index is 0.107. The summed E-state index contributed by atoms with van der Waals surface area (Å²) in [6.07, 6.45) is 4.30. The fourth-order valence-electron chi connectivity index (χ4n) is 4.07. The summed E-state index contributed by atoms with van der Waals surface area (Å²) < 4.78 is 6.90. The average molecular weight is 501 g/mol. The van der Waals surface area contributed by atoms with E-state index in [1.165, 1.54) is 0 Å². The fourth-order valence-corrected chi connectivity index (χ4v) is 4.34. The molecule has 6 heteroatoms. The standard InChI is InChI=1S/C26H33BrN2O3/c1-18(2)23-10-6-7-11-24(23)32-17-25(30)29(16-20-12-14-21(27)15-13-20)19(3)26(31)28-22-8-4-5-9-22/h6-7,10-15,18-19,22H,4-5,8-9,16-17H2,1-3H3,(H,28,31). The zero-order chi connectivity index (χ0) is 23.1. The normalized spacial score (nSPS) is 14.9. The van der Waals surface area contributed by atoms with Crippen LogP contribution in [-0.4, -0.2) is 35.4 Å². The summed E-state index contributed by atoms with van der Waals surface area (Å²) in [5.74, 6) is 0.685. The number of nitrogens with zero attached hydrogens (tertiary/aromatic N) is 1. The SMILES string of the molecule is CC(C)c1ccccc1OCC(=O)N(Cc1ccc(Br)cc1)C(C)C(=O)NC1CCCC1. The van der Waals surface area contributed by atoms with Crippen molar-refractivity contribution in [2.75, 3.05) is 6.61 Å². The van der Waals surface area contributed by atoms with Gasteiger partial charge in [-0.15, -0.1) is 0 Å². The Morgan fingerprint density at radius 3 is 2.38 bits per heavy atom. The molecule has 2 aromatic carbocycles. The molecule has 1 saturated carbocycles. The Bertz CT molecular complexity index is 908. The maximum atomic E-state index is 13.3. The van der Waals surface area contributed by atoms with Crippen LogP contribution in [0.5, 0.6) is 5.75 Å². The van der Waals surface area contributed by atoms with E-state index in [9.17, 15) is 9.59 Å². The Kier molecular flexibility index (Phi) is 8.74. The predicted octanol–water partition coefficient (Wildman–Crippen LogP) is 5.43. The molecule has 0 aliphatic heterocycles. The number of hydrogen-bond acceptors (Lipinski definition) is 3. The third kappa shape index (κ3) is 6.58. The van der Waals surface area contributed by atoms with Gasteiger partial charge < -0.3 is 15.0 Å². The van der Waals surface area contributed by atoms with Crippen LogP contribution >= 0.6 is 15.9 Å². The molecule has 0 radical (unpaired) electrons. The van der Waals surface area contributed by atoms with Crippen LogP contribution < -0.4 is 10.1 Å². The predicted molar refractivity (Wildman–Crippen MR) is 131 cm³/mol. The van der Waals surface area contributed by atoms with Gasteiger partial charge in [-0.3, -0.25) is 9.59 Å². The van der Waals surface area contributed by atoms with Crippen LogP contribution in [0.4, 0.5) is 0 Å². The summed E-state index contributed by atoms with van der Waals surface area (Å²) in [4.78, 5) is 27.8. The smallest absolute Gasteiger partial charge is 0.261 e. The van der Waals surface area contributed by atoms with Gasteiger partial charge in [0.05, 0.1) is 0 Å².